The van der Waals surface area contributed by atoms with E-state index in [2.05, 4.69) is 22.1 Å². The summed E-state index contributed by atoms with van der Waals surface area (Å²) in [5, 5.41) is 0. The van der Waals surface area contributed by atoms with Crippen LogP contribution in [-0.2, 0) is 6.54 Å². The largest absolute Gasteiger partial charge is 0.381 e. The molecule has 0 fully saturated rings. The molecule has 0 aliphatic rings. The van der Waals surface area contributed by atoms with Gasteiger partial charge in [-0.2, -0.15) is 0 Å². The SMILES string of the molecule is CN(Cc1ccccc1)c1nccnc1N. The molecule has 0 bridgehead atoms. The Hall–Kier alpha value is -2.10. The van der Waals surface area contributed by atoms with Crippen molar-refractivity contribution in [2.75, 3.05) is 17.7 Å². The van der Waals surface area contributed by atoms with Crippen molar-refractivity contribution in [3.8, 4) is 0 Å². The van der Waals surface area contributed by atoms with Crippen LogP contribution in [-0.4, -0.2) is 17.0 Å². The molecule has 2 rings (SSSR count). The molecule has 2 aromatic rings. The van der Waals surface area contributed by atoms with Gasteiger partial charge in [0.05, 0.1) is 0 Å². The topological polar surface area (TPSA) is 55.0 Å². The van der Waals surface area contributed by atoms with Gasteiger partial charge in [-0.15, -0.1) is 0 Å². The molecule has 1 aromatic carbocycles. The van der Waals surface area contributed by atoms with Crippen LogP contribution in [0, 0.1) is 0 Å². The Morgan fingerprint density at radius 1 is 1.12 bits per heavy atom. The molecule has 1 heterocycles. The summed E-state index contributed by atoms with van der Waals surface area (Å²) >= 11 is 0. The van der Waals surface area contributed by atoms with E-state index in [1.165, 1.54) is 5.56 Å². The third kappa shape index (κ3) is 2.28. The van der Waals surface area contributed by atoms with Crippen LogP contribution in [0.4, 0.5) is 11.6 Å². The van der Waals surface area contributed by atoms with Crippen molar-refractivity contribution >= 4 is 11.6 Å². The van der Waals surface area contributed by atoms with Gasteiger partial charge in [-0.1, -0.05) is 30.3 Å². The van der Waals surface area contributed by atoms with E-state index in [9.17, 15) is 0 Å². The molecule has 0 spiro atoms. The van der Waals surface area contributed by atoms with Crippen LogP contribution in [0.3, 0.4) is 0 Å². The minimum atomic E-state index is 0.459. The average Bonchev–Trinajstić information content (AvgIpc) is 2.31. The molecule has 2 N–H and O–H groups in total. The molecule has 0 aliphatic heterocycles. The van der Waals surface area contributed by atoms with Crippen LogP contribution in [0.25, 0.3) is 0 Å². The van der Waals surface area contributed by atoms with Crippen molar-refractivity contribution in [2.24, 2.45) is 0 Å². The number of anilines is 2. The van der Waals surface area contributed by atoms with Gasteiger partial charge in [0.15, 0.2) is 11.6 Å². The Bertz CT molecular complexity index is 456. The lowest BCUT2D eigenvalue weighted by atomic mass is 10.2. The summed E-state index contributed by atoms with van der Waals surface area (Å²) in [7, 11) is 1.95. The molecular weight excluding hydrogens is 200 g/mol. The number of rotatable bonds is 3. The van der Waals surface area contributed by atoms with Crippen LogP contribution in [0.2, 0.25) is 0 Å². The summed E-state index contributed by atoms with van der Waals surface area (Å²) < 4.78 is 0. The lowest BCUT2D eigenvalue weighted by Gasteiger charge is -2.18. The van der Waals surface area contributed by atoms with Gasteiger partial charge in [-0.3, -0.25) is 0 Å². The summed E-state index contributed by atoms with van der Waals surface area (Å²) in [6.45, 7) is 0.768. The molecule has 16 heavy (non-hydrogen) atoms. The van der Waals surface area contributed by atoms with Gasteiger partial charge in [-0.05, 0) is 5.56 Å². The van der Waals surface area contributed by atoms with Crippen molar-refractivity contribution in [1.29, 1.82) is 0 Å². The Labute approximate surface area is 94.8 Å². The maximum Gasteiger partial charge on any atom is 0.171 e. The maximum atomic E-state index is 5.76. The summed E-state index contributed by atoms with van der Waals surface area (Å²) in [5.41, 5.74) is 6.98. The van der Waals surface area contributed by atoms with Crippen LogP contribution in [0.1, 0.15) is 5.56 Å². The summed E-state index contributed by atoms with van der Waals surface area (Å²) in [5.74, 6) is 1.17. The number of nitrogens with zero attached hydrogens (tertiary/aromatic N) is 3. The van der Waals surface area contributed by atoms with Gasteiger partial charge in [0, 0.05) is 26.0 Å². The molecule has 0 unspecified atom stereocenters. The first-order chi connectivity index (χ1) is 7.77. The van der Waals surface area contributed by atoms with E-state index in [0.29, 0.717) is 11.6 Å². The predicted octanol–water partition coefficient (Wildman–Crippen LogP) is 1.70. The average molecular weight is 214 g/mol. The highest BCUT2D eigenvalue weighted by atomic mass is 15.2. The van der Waals surface area contributed by atoms with E-state index in [1.54, 1.807) is 12.4 Å². The van der Waals surface area contributed by atoms with Crippen LogP contribution >= 0.6 is 0 Å². The lowest BCUT2D eigenvalue weighted by molar-refractivity contribution is 0.893. The smallest absolute Gasteiger partial charge is 0.171 e. The van der Waals surface area contributed by atoms with Gasteiger partial charge in [0.25, 0.3) is 0 Å². The van der Waals surface area contributed by atoms with Gasteiger partial charge in [0.1, 0.15) is 0 Å². The fourth-order valence-electron chi connectivity index (χ4n) is 1.57. The standard InChI is InChI=1S/C12H14N4/c1-16(9-10-5-3-2-4-6-10)12-11(13)14-7-8-15-12/h2-8H,9H2,1H3,(H2,13,14). The Morgan fingerprint density at radius 2 is 1.81 bits per heavy atom. The first-order valence-electron chi connectivity index (χ1n) is 5.09. The number of hydrogen-bond donors (Lipinski definition) is 1. The van der Waals surface area contributed by atoms with Crippen molar-refractivity contribution in [3.63, 3.8) is 0 Å². The zero-order valence-corrected chi connectivity index (χ0v) is 9.17. The fraction of sp³-hybridized carbons (Fsp3) is 0.167. The monoisotopic (exact) mass is 214 g/mol. The van der Waals surface area contributed by atoms with Gasteiger partial charge in [0.2, 0.25) is 0 Å². The van der Waals surface area contributed by atoms with Crippen molar-refractivity contribution in [2.45, 2.75) is 6.54 Å². The van der Waals surface area contributed by atoms with Crippen molar-refractivity contribution in [1.82, 2.24) is 9.97 Å². The summed E-state index contributed by atoms with van der Waals surface area (Å²) in [6, 6.07) is 10.2. The van der Waals surface area contributed by atoms with E-state index in [4.69, 9.17) is 5.73 Å². The van der Waals surface area contributed by atoms with Crippen LogP contribution < -0.4 is 10.6 Å². The lowest BCUT2D eigenvalue weighted by Crippen LogP contribution is -2.19. The Kier molecular flexibility index (Phi) is 3.00. The molecule has 4 heteroatoms. The number of nitrogens with two attached hydrogens (primary N) is 1. The second-order valence-electron chi connectivity index (χ2n) is 3.61. The van der Waals surface area contributed by atoms with E-state index in [-0.39, 0.29) is 0 Å². The first-order valence-corrected chi connectivity index (χ1v) is 5.09. The summed E-state index contributed by atoms with van der Waals surface area (Å²) in [6.07, 6.45) is 3.24. The molecule has 4 nitrogen and oxygen atoms in total. The highest BCUT2D eigenvalue weighted by molar-refractivity contribution is 5.56. The molecular formula is C12H14N4. The molecule has 82 valence electrons. The second kappa shape index (κ2) is 4.61. The molecule has 0 aliphatic carbocycles. The van der Waals surface area contributed by atoms with E-state index in [0.717, 1.165) is 6.54 Å². The van der Waals surface area contributed by atoms with Gasteiger partial charge >= 0.3 is 0 Å². The van der Waals surface area contributed by atoms with E-state index < -0.39 is 0 Å². The molecule has 0 radical (unpaired) electrons. The number of nitrogen functional groups attached to an aromatic ring is 1. The minimum Gasteiger partial charge on any atom is -0.381 e. The number of hydrogen-bond acceptors (Lipinski definition) is 4. The maximum absolute atomic E-state index is 5.76. The summed E-state index contributed by atoms with van der Waals surface area (Å²) in [4.78, 5) is 10.2. The van der Waals surface area contributed by atoms with Gasteiger partial charge in [-0.25, -0.2) is 9.97 Å². The first kappa shape index (κ1) is 10.4. The van der Waals surface area contributed by atoms with E-state index in [1.807, 2.05) is 30.1 Å². The zero-order chi connectivity index (χ0) is 11.4. The number of benzene rings is 1. The predicted molar refractivity (Wildman–Crippen MR) is 65.0 cm³/mol. The van der Waals surface area contributed by atoms with Crippen molar-refractivity contribution in [3.05, 3.63) is 48.3 Å². The van der Waals surface area contributed by atoms with E-state index >= 15 is 0 Å². The molecule has 0 saturated heterocycles. The third-order valence-electron chi connectivity index (χ3n) is 2.33. The minimum absolute atomic E-state index is 0.459. The Morgan fingerprint density at radius 3 is 2.50 bits per heavy atom. The normalized spacial score (nSPS) is 10.1. The van der Waals surface area contributed by atoms with Gasteiger partial charge < -0.3 is 10.6 Å². The quantitative estimate of drug-likeness (QED) is 0.844. The third-order valence-corrected chi connectivity index (χ3v) is 2.33. The highest BCUT2D eigenvalue weighted by Gasteiger charge is 2.07. The molecule has 1 aromatic heterocycles. The highest BCUT2D eigenvalue weighted by Crippen LogP contribution is 2.17. The molecule has 0 atom stereocenters. The molecule has 0 amide bonds. The second-order valence-corrected chi connectivity index (χ2v) is 3.61. The van der Waals surface area contributed by atoms with Crippen LogP contribution in [0.5, 0.6) is 0 Å². The number of aromatic nitrogens is 2. The van der Waals surface area contributed by atoms with Crippen LogP contribution in [0.15, 0.2) is 42.7 Å². The molecule has 0 saturated carbocycles. The Balaban J connectivity index is 2.15. The fourth-order valence-corrected chi connectivity index (χ4v) is 1.57. The zero-order valence-electron chi connectivity index (χ0n) is 9.17. The van der Waals surface area contributed by atoms with Crippen molar-refractivity contribution < 1.29 is 0 Å².